The van der Waals surface area contributed by atoms with E-state index in [0.717, 1.165) is 12.8 Å². The van der Waals surface area contributed by atoms with Gasteiger partial charge in [-0.2, -0.15) is 0 Å². The first-order chi connectivity index (χ1) is 10.3. The van der Waals surface area contributed by atoms with E-state index in [-0.39, 0.29) is 10.8 Å². The van der Waals surface area contributed by atoms with Crippen molar-refractivity contribution in [1.82, 2.24) is 4.72 Å². The molecule has 0 atom stereocenters. The number of rotatable bonds is 4. The van der Waals surface area contributed by atoms with Crippen LogP contribution in [-0.4, -0.2) is 33.5 Å². The summed E-state index contributed by atoms with van der Waals surface area (Å²) >= 11 is 0. The molecule has 0 aromatic heterocycles. The van der Waals surface area contributed by atoms with E-state index in [9.17, 15) is 13.2 Å². The van der Waals surface area contributed by atoms with Crippen LogP contribution >= 0.6 is 0 Å². The smallest absolute Gasteiger partial charge is 0.240 e. The predicted octanol–water partition coefficient (Wildman–Crippen LogP) is 1.90. The maximum absolute atomic E-state index is 12.0. The molecule has 6 nitrogen and oxygen atoms in total. The zero-order valence-corrected chi connectivity index (χ0v) is 14.2. The number of sulfonamides is 1. The van der Waals surface area contributed by atoms with Crippen LogP contribution in [0.2, 0.25) is 0 Å². The van der Waals surface area contributed by atoms with Crippen molar-refractivity contribution in [2.45, 2.75) is 44.1 Å². The molecule has 0 spiro atoms. The number of anilines is 1. The van der Waals surface area contributed by atoms with Gasteiger partial charge in [-0.15, -0.1) is 0 Å². The molecular formula is C15H22N2O4S. The fourth-order valence-corrected chi connectivity index (χ4v) is 3.37. The molecule has 0 fully saturated rings. The average Bonchev–Trinajstić information content (AvgIpc) is 2.52. The third-order valence-corrected chi connectivity index (χ3v) is 5.65. The Labute approximate surface area is 131 Å². The third-order valence-electron chi connectivity index (χ3n) is 4.24. The molecule has 0 saturated carbocycles. The van der Waals surface area contributed by atoms with Gasteiger partial charge in [-0.05, 0) is 38.1 Å². The van der Waals surface area contributed by atoms with E-state index in [0.29, 0.717) is 18.0 Å². The zero-order chi connectivity index (χ0) is 16.5. The Morgan fingerprint density at radius 3 is 2.50 bits per heavy atom. The Morgan fingerprint density at radius 2 is 2.00 bits per heavy atom. The van der Waals surface area contributed by atoms with Crippen molar-refractivity contribution in [3.05, 3.63) is 18.2 Å². The van der Waals surface area contributed by atoms with Crippen molar-refractivity contribution in [2.75, 3.05) is 18.5 Å². The molecule has 1 aliphatic rings. The number of hydrogen-bond donors (Lipinski definition) is 1. The van der Waals surface area contributed by atoms with Crippen molar-refractivity contribution in [1.29, 1.82) is 0 Å². The summed E-state index contributed by atoms with van der Waals surface area (Å²) < 4.78 is 32.3. The van der Waals surface area contributed by atoms with Gasteiger partial charge in [-0.3, -0.25) is 4.79 Å². The summed E-state index contributed by atoms with van der Waals surface area (Å²) in [5.41, 5.74) is 0.0727. The maximum Gasteiger partial charge on any atom is 0.240 e. The molecule has 2 rings (SSSR count). The highest BCUT2D eigenvalue weighted by Gasteiger charge is 2.39. The van der Waals surface area contributed by atoms with Crippen LogP contribution in [0.4, 0.5) is 5.69 Å². The summed E-state index contributed by atoms with van der Waals surface area (Å²) in [4.78, 5) is 13.7. The Bertz CT molecular complexity index is 681. The van der Waals surface area contributed by atoms with E-state index < -0.39 is 15.6 Å². The Hall–Kier alpha value is -1.60. The van der Waals surface area contributed by atoms with Crippen LogP contribution in [-0.2, 0) is 14.8 Å². The highest BCUT2D eigenvalue weighted by molar-refractivity contribution is 7.89. The van der Waals surface area contributed by atoms with E-state index in [4.69, 9.17) is 4.74 Å². The van der Waals surface area contributed by atoms with Crippen LogP contribution in [0.5, 0.6) is 5.75 Å². The largest absolute Gasteiger partial charge is 0.483 e. The molecule has 0 radical (unpaired) electrons. The lowest BCUT2D eigenvalue weighted by Gasteiger charge is -2.43. The fraction of sp³-hybridized carbons (Fsp3) is 0.533. The van der Waals surface area contributed by atoms with E-state index in [1.54, 1.807) is 11.0 Å². The van der Waals surface area contributed by atoms with Gasteiger partial charge in [0, 0.05) is 6.92 Å². The van der Waals surface area contributed by atoms with Crippen LogP contribution < -0.4 is 14.4 Å². The number of fused-ring (bicyclic) bond motifs is 1. The number of hydrogen-bond acceptors (Lipinski definition) is 4. The summed E-state index contributed by atoms with van der Waals surface area (Å²) in [5, 5.41) is 0. The second-order valence-corrected chi connectivity index (χ2v) is 7.32. The van der Waals surface area contributed by atoms with Gasteiger partial charge in [0.1, 0.15) is 11.4 Å². The maximum atomic E-state index is 12.0. The van der Waals surface area contributed by atoms with E-state index in [1.807, 2.05) is 13.8 Å². The molecule has 122 valence electrons. The van der Waals surface area contributed by atoms with Gasteiger partial charge in [0.15, 0.2) is 0 Å². The molecule has 0 saturated heterocycles. The standard InChI is InChI=1S/C15H22N2O4S/c1-5-15(6-2)10-17(11(3)18)13-9-12(22(19,20)16-4)7-8-14(13)21-15/h7-9,16H,5-6,10H2,1-4H3. The zero-order valence-electron chi connectivity index (χ0n) is 13.3. The summed E-state index contributed by atoms with van der Waals surface area (Å²) in [6, 6.07) is 4.59. The summed E-state index contributed by atoms with van der Waals surface area (Å²) in [6.45, 7) is 5.94. The van der Waals surface area contributed by atoms with Gasteiger partial charge < -0.3 is 9.64 Å². The number of ether oxygens (including phenoxy) is 1. The minimum Gasteiger partial charge on any atom is -0.483 e. The molecule has 0 bridgehead atoms. The van der Waals surface area contributed by atoms with E-state index in [1.165, 1.54) is 26.1 Å². The number of nitrogens with one attached hydrogen (secondary N) is 1. The molecular weight excluding hydrogens is 304 g/mol. The van der Waals surface area contributed by atoms with Crippen molar-refractivity contribution in [3.63, 3.8) is 0 Å². The van der Waals surface area contributed by atoms with E-state index in [2.05, 4.69) is 4.72 Å². The van der Waals surface area contributed by atoms with Gasteiger partial charge in [-0.1, -0.05) is 13.8 Å². The topological polar surface area (TPSA) is 75.7 Å². The molecule has 1 N–H and O–H groups in total. The van der Waals surface area contributed by atoms with Crippen LogP contribution in [0.25, 0.3) is 0 Å². The monoisotopic (exact) mass is 326 g/mol. The van der Waals surface area contributed by atoms with Gasteiger partial charge in [0.05, 0.1) is 17.1 Å². The van der Waals surface area contributed by atoms with Crippen LogP contribution in [0.15, 0.2) is 23.1 Å². The van der Waals surface area contributed by atoms with Gasteiger partial charge in [-0.25, -0.2) is 13.1 Å². The first-order valence-electron chi connectivity index (χ1n) is 7.33. The lowest BCUT2D eigenvalue weighted by atomic mass is 9.94. The Balaban J connectivity index is 2.57. The molecule has 0 unspecified atom stereocenters. The second-order valence-electron chi connectivity index (χ2n) is 5.43. The summed E-state index contributed by atoms with van der Waals surface area (Å²) in [5.74, 6) is 0.412. The van der Waals surface area contributed by atoms with Crippen molar-refractivity contribution in [2.24, 2.45) is 0 Å². The highest BCUT2D eigenvalue weighted by Crippen LogP contribution is 2.40. The molecule has 0 aliphatic carbocycles. The van der Waals surface area contributed by atoms with Gasteiger partial charge in [0.2, 0.25) is 15.9 Å². The Kier molecular flexibility index (Phi) is 4.49. The number of carbonyl (C=O) groups excluding carboxylic acids is 1. The van der Waals surface area contributed by atoms with Gasteiger partial charge >= 0.3 is 0 Å². The number of benzene rings is 1. The van der Waals surface area contributed by atoms with Gasteiger partial charge in [0.25, 0.3) is 0 Å². The minimum absolute atomic E-state index is 0.115. The fourth-order valence-electron chi connectivity index (χ4n) is 2.62. The lowest BCUT2D eigenvalue weighted by Crippen LogP contribution is -2.51. The third kappa shape index (κ3) is 2.83. The normalized spacial score (nSPS) is 16.8. The van der Waals surface area contributed by atoms with Crippen molar-refractivity contribution in [3.8, 4) is 5.75 Å². The number of nitrogens with zero attached hydrogens (tertiary/aromatic N) is 1. The molecule has 1 aliphatic heterocycles. The summed E-state index contributed by atoms with van der Waals surface area (Å²) in [7, 11) is -2.21. The SMILES string of the molecule is CCC1(CC)CN(C(C)=O)c2cc(S(=O)(=O)NC)ccc2O1. The predicted molar refractivity (Wildman–Crippen MR) is 84.7 cm³/mol. The van der Waals surface area contributed by atoms with Crippen LogP contribution in [0.1, 0.15) is 33.6 Å². The summed E-state index contributed by atoms with van der Waals surface area (Å²) in [6.07, 6.45) is 1.53. The first-order valence-corrected chi connectivity index (χ1v) is 8.81. The van der Waals surface area contributed by atoms with Crippen LogP contribution in [0.3, 0.4) is 0 Å². The first kappa shape index (κ1) is 16.8. The van der Waals surface area contributed by atoms with Crippen molar-refractivity contribution < 1.29 is 17.9 Å². The molecule has 1 aromatic carbocycles. The average molecular weight is 326 g/mol. The Morgan fingerprint density at radius 1 is 1.36 bits per heavy atom. The molecule has 1 aromatic rings. The quantitative estimate of drug-likeness (QED) is 0.917. The van der Waals surface area contributed by atoms with Crippen LogP contribution in [0, 0.1) is 0 Å². The minimum atomic E-state index is -3.56. The lowest BCUT2D eigenvalue weighted by molar-refractivity contribution is -0.117. The molecule has 1 heterocycles. The molecule has 22 heavy (non-hydrogen) atoms. The van der Waals surface area contributed by atoms with Crippen molar-refractivity contribution >= 4 is 21.6 Å². The molecule has 7 heteroatoms. The molecule has 1 amide bonds. The van der Waals surface area contributed by atoms with E-state index >= 15 is 0 Å². The number of carbonyl (C=O) groups is 1. The highest BCUT2D eigenvalue weighted by atomic mass is 32.2. The second kappa shape index (κ2) is 5.89. The number of amides is 1.